The highest BCUT2D eigenvalue weighted by Gasteiger charge is 2.71. The van der Waals surface area contributed by atoms with Gasteiger partial charge in [-0.2, -0.15) is 8.42 Å². The Morgan fingerprint density at radius 1 is 0.956 bits per heavy atom. The van der Waals surface area contributed by atoms with Gasteiger partial charge >= 0.3 is 10.4 Å². The van der Waals surface area contributed by atoms with Crippen molar-refractivity contribution < 1.29 is 57.3 Å². The molecule has 0 radical (unpaired) electrons. The van der Waals surface area contributed by atoms with Crippen molar-refractivity contribution in [1.82, 2.24) is 0 Å². The minimum Gasteiger partial charge on any atom is -0.394 e. The summed E-state index contributed by atoms with van der Waals surface area (Å²) >= 11 is 0. The van der Waals surface area contributed by atoms with E-state index in [4.69, 9.17) is 13.7 Å². The van der Waals surface area contributed by atoms with Crippen LogP contribution in [0.1, 0.15) is 92.4 Å². The monoisotopic (exact) mass is 664 g/mol. The second-order valence-electron chi connectivity index (χ2n) is 16.0. The first-order valence-corrected chi connectivity index (χ1v) is 18.2. The molecular formula is C32H56O12S. The molecular weight excluding hydrogens is 608 g/mol. The fourth-order valence-corrected chi connectivity index (χ4v) is 11.5. The molecule has 1 saturated heterocycles. The summed E-state index contributed by atoms with van der Waals surface area (Å²) in [4.78, 5) is 0. The molecule has 262 valence electrons. The van der Waals surface area contributed by atoms with E-state index in [1.165, 1.54) is 0 Å². The molecule has 45 heavy (non-hydrogen) atoms. The van der Waals surface area contributed by atoms with Crippen LogP contribution >= 0.6 is 0 Å². The average Bonchev–Trinajstić information content (AvgIpc) is 3.37. The number of ether oxygens (including phenoxy) is 2. The molecule has 16 atom stereocenters. The number of aliphatic hydroxyl groups is 6. The van der Waals surface area contributed by atoms with Gasteiger partial charge in [-0.1, -0.05) is 34.6 Å². The average molecular weight is 665 g/mol. The van der Waals surface area contributed by atoms with Crippen molar-refractivity contribution in [2.75, 3.05) is 6.61 Å². The standard InChI is InChI=1S/C32H56O12S/c1-16(2)22(42-29-27(37)26(36)24(15-33)43-29)7-6-17(3)19-13-21(35)28-31(19,5)11-9-25-30(4)10-8-18(34)12-20(30)23(14-32(25,28)38)44-45(39,40)41/h16-29,33-38H,6-15H2,1-5H3,(H,39,40,41)/t17-,18+,19-,20-,21+,22+,23+,24+,25-,26+,27-,28-,29-,30+,31-,32+/m1/s1. The summed E-state index contributed by atoms with van der Waals surface area (Å²) < 4.78 is 50.5. The van der Waals surface area contributed by atoms with Crippen molar-refractivity contribution in [3.63, 3.8) is 0 Å². The second kappa shape index (κ2) is 12.8. The molecule has 0 amide bonds. The highest BCUT2D eigenvalue weighted by molar-refractivity contribution is 7.80. The van der Waals surface area contributed by atoms with Gasteiger partial charge in [0.2, 0.25) is 0 Å². The van der Waals surface area contributed by atoms with Crippen LogP contribution in [0.2, 0.25) is 0 Å². The van der Waals surface area contributed by atoms with Crippen LogP contribution in [0.15, 0.2) is 0 Å². The van der Waals surface area contributed by atoms with Crippen LogP contribution in [-0.4, -0.2) is 105 Å². The van der Waals surface area contributed by atoms with Crippen molar-refractivity contribution in [2.24, 2.45) is 46.3 Å². The topological polar surface area (TPSA) is 203 Å². The van der Waals surface area contributed by atoms with E-state index in [0.29, 0.717) is 38.5 Å². The Hall–Kier alpha value is -0.450. The lowest BCUT2D eigenvalue weighted by molar-refractivity contribution is -0.260. The molecule has 13 heteroatoms. The number of hydrogen-bond donors (Lipinski definition) is 7. The smallest absolute Gasteiger partial charge is 0.394 e. The highest BCUT2D eigenvalue weighted by Crippen LogP contribution is 2.70. The minimum atomic E-state index is -4.82. The van der Waals surface area contributed by atoms with Crippen molar-refractivity contribution in [2.45, 2.75) is 147 Å². The molecule has 0 aromatic carbocycles. The van der Waals surface area contributed by atoms with Gasteiger partial charge in [0, 0.05) is 12.3 Å². The predicted octanol–water partition coefficient (Wildman–Crippen LogP) is 1.79. The minimum absolute atomic E-state index is 0.0451. The fourth-order valence-electron chi connectivity index (χ4n) is 11.0. The van der Waals surface area contributed by atoms with E-state index in [0.717, 1.165) is 12.8 Å². The highest BCUT2D eigenvalue weighted by atomic mass is 32.3. The Morgan fingerprint density at radius 2 is 1.62 bits per heavy atom. The largest absolute Gasteiger partial charge is 0.397 e. The van der Waals surface area contributed by atoms with Gasteiger partial charge in [0.15, 0.2) is 6.29 Å². The predicted molar refractivity (Wildman–Crippen MR) is 162 cm³/mol. The maximum atomic E-state index is 12.7. The first kappa shape index (κ1) is 35.8. The van der Waals surface area contributed by atoms with Crippen molar-refractivity contribution >= 4 is 10.4 Å². The zero-order valence-electron chi connectivity index (χ0n) is 27.2. The van der Waals surface area contributed by atoms with E-state index >= 15 is 0 Å². The summed E-state index contributed by atoms with van der Waals surface area (Å²) in [6.07, 6.45) is -2.43. The van der Waals surface area contributed by atoms with Crippen LogP contribution in [0, 0.1) is 46.3 Å². The van der Waals surface area contributed by atoms with Crippen LogP contribution in [0.5, 0.6) is 0 Å². The molecule has 4 aliphatic carbocycles. The van der Waals surface area contributed by atoms with Crippen LogP contribution in [-0.2, 0) is 24.1 Å². The molecule has 4 saturated carbocycles. The summed E-state index contributed by atoms with van der Waals surface area (Å²) in [5.74, 6) is -0.841. The maximum absolute atomic E-state index is 12.7. The van der Waals surface area contributed by atoms with E-state index in [1.54, 1.807) is 0 Å². The molecule has 1 aliphatic heterocycles. The zero-order valence-corrected chi connectivity index (χ0v) is 28.1. The Bertz CT molecular complexity index is 1150. The van der Waals surface area contributed by atoms with E-state index in [2.05, 4.69) is 13.8 Å². The molecule has 0 unspecified atom stereocenters. The second-order valence-corrected chi connectivity index (χ2v) is 17.0. The molecule has 0 aromatic heterocycles. The SMILES string of the molecule is CC(C)[C@H](CC[C@@H](C)[C@H]1C[C@H](O)[C@@H]2[C@]1(C)CC[C@@H]1[C@@]3(C)CC[C@H](O)C[C@@H]3[C@@H](OS(=O)(=O)O)C[C@]12O)O[C@@H]1O[C@@H](CO)[C@H](O)[C@H]1O. The molecule has 1 heterocycles. The van der Waals surface area contributed by atoms with Crippen LogP contribution in [0.25, 0.3) is 0 Å². The van der Waals surface area contributed by atoms with Gasteiger partial charge in [-0.3, -0.25) is 4.55 Å². The van der Waals surface area contributed by atoms with Gasteiger partial charge in [-0.15, -0.1) is 0 Å². The van der Waals surface area contributed by atoms with Gasteiger partial charge < -0.3 is 40.1 Å². The fraction of sp³-hybridized carbons (Fsp3) is 1.00. The quantitative estimate of drug-likeness (QED) is 0.167. The third-order valence-corrected chi connectivity index (χ3v) is 13.6. The molecule has 5 rings (SSSR count). The molecule has 0 aromatic rings. The summed E-state index contributed by atoms with van der Waals surface area (Å²) in [5.41, 5.74) is -2.40. The number of fused-ring (bicyclic) bond motifs is 5. The van der Waals surface area contributed by atoms with Crippen LogP contribution in [0.4, 0.5) is 0 Å². The summed E-state index contributed by atoms with van der Waals surface area (Å²) in [5, 5.41) is 64.9. The third kappa shape index (κ3) is 6.38. The normalized spacial score (nSPS) is 49.8. The Balaban J connectivity index is 1.34. The van der Waals surface area contributed by atoms with Gasteiger partial charge in [0.1, 0.15) is 18.3 Å². The van der Waals surface area contributed by atoms with Crippen molar-refractivity contribution in [1.29, 1.82) is 0 Å². The lowest BCUT2D eigenvalue weighted by Gasteiger charge is -2.66. The van der Waals surface area contributed by atoms with Crippen LogP contribution < -0.4 is 0 Å². The molecule has 7 N–H and O–H groups in total. The summed E-state index contributed by atoms with van der Waals surface area (Å²) in [6, 6.07) is 0. The van der Waals surface area contributed by atoms with Crippen LogP contribution in [0.3, 0.4) is 0 Å². The molecule has 5 aliphatic rings. The molecule has 5 fully saturated rings. The first-order chi connectivity index (χ1) is 20.9. The Kier molecular flexibility index (Phi) is 10.2. The molecule has 0 spiro atoms. The van der Waals surface area contributed by atoms with Gasteiger partial charge in [-0.05, 0) is 91.8 Å². The molecule has 0 bridgehead atoms. The summed E-state index contributed by atoms with van der Waals surface area (Å²) in [7, 11) is -4.82. The van der Waals surface area contributed by atoms with Gasteiger partial charge in [0.25, 0.3) is 0 Å². The number of rotatable bonds is 10. The number of hydrogen-bond acceptors (Lipinski definition) is 11. The lowest BCUT2D eigenvalue weighted by Crippen LogP contribution is -2.69. The lowest BCUT2D eigenvalue weighted by atomic mass is 9.42. The van der Waals surface area contributed by atoms with E-state index < -0.39 is 82.3 Å². The van der Waals surface area contributed by atoms with E-state index in [-0.39, 0.29) is 42.1 Å². The van der Waals surface area contributed by atoms with Crippen molar-refractivity contribution in [3.8, 4) is 0 Å². The van der Waals surface area contributed by atoms with Gasteiger partial charge in [-0.25, -0.2) is 4.18 Å². The van der Waals surface area contributed by atoms with E-state index in [9.17, 15) is 43.6 Å². The molecule has 12 nitrogen and oxygen atoms in total. The Labute approximate surface area is 267 Å². The zero-order chi connectivity index (χ0) is 33.3. The van der Waals surface area contributed by atoms with Crippen molar-refractivity contribution in [3.05, 3.63) is 0 Å². The van der Waals surface area contributed by atoms with Gasteiger partial charge in [0.05, 0.1) is 36.6 Å². The number of aliphatic hydroxyl groups excluding tert-OH is 5. The third-order valence-electron chi connectivity index (χ3n) is 13.1. The Morgan fingerprint density at radius 3 is 2.22 bits per heavy atom. The maximum Gasteiger partial charge on any atom is 0.397 e. The van der Waals surface area contributed by atoms with E-state index in [1.807, 2.05) is 20.8 Å². The summed E-state index contributed by atoms with van der Waals surface area (Å²) in [6.45, 7) is 9.92. The first-order valence-electron chi connectivity index (χ1n) is 16.9.